The van der Waals surface area contributed by atoms with Gasteiger partial charge in [0, 0.05) is 48.4 Å². The minimum atomic E-state index is -0.896. The average Bonchev–Trinajstić information content (AvgIpc) is 3.48. The van der Waals surface area contributed by atoms with E-state index in [4.69, 9.17) is 4.74 Å². The molecule has 1 unspecified atom stereocenters. The largest absolute Gasteiger partial charge is 0.379 e. The number of aliphatic hydroxyl groups excluding tert-OH is 1. The second kappa shape index (κ2) is 9.77. The van der Waals surface area contributed by atoms with Gasteiger partial charge in [0.25, 0.3) is 5.56 Å². The third-order valence-electron chi connectivity index (χ3n) is 6.97. The molecule has 2 fully saturated rings. The van der Waals surface area contributed by atoms with E-state index >= 15 is 0 Å². The van der Waals surface area contributed by atoms with Crippen LogP contribution in [0.1, 0.15) is 60.3 Å². The van der Waals surface area contributed by atoms with E-state index in [9.17, 15) is 9.90 Å². The number of aliphatic hydroxyl groups is 1. The van der Waals surface area contributed by atoms with Crippen LogP contribution in [-0.4, -0.2) is 51.1 Å². The molecule has 3 N–H and O–H groups in total. The molecule has 2 aromatic heterocycles. The predicted octanol–water partition coefficient (Wildman–Crippen LogP) is 2.76. The van der Waals surface area contributed by atoms with Gasteiger partial charge in [-0.1, -0.05) is 25.0 Å². The standard InChI is InChI=1S/C25H33N5O3/c1-17-13-18(16-29-9-11-33-12-10-29)21(25(32)28-17)14-26-24(31)20-7-4-8-23-22(20)15-27-30(23)19-5-2-3-6-19/h4,7-8,13,15,19,24,26,31H,2-3,5-6,9-12,14,16H2,1H3,(H,28,32). The van der Waals surface area contributed by atoms with Gasteiger partial charge in [-0.2, -0.15) is 5.10 Å². The van der Waals surface area contributed by atoms with Gasteiger partial charge in [0.15, 0.2) is 0 Å². The number of nitrogens with one attached hydrogen (secondary N) is 2. The topological polar surface area (TPSA) is 95.4 Å². The number of H-pyrrole nitrogens is 1. The lowest BCUT2D eigenvalue weighted by molar-refractivity contribution is 0.0340. The summed E-state index contributed by atoms with van der Waals surface area (Å²) in [5.41, 5.74) is 4.24. The molecule has 1 atom stereocenters. The van der Waals surface area contributed by atoms with Gasteiger partial charge in [-0.25, -0.2) is 0 Å². The number of hydrogen-bond acceptors (Lipinski definition) is 6. The zero-order valence-electron chi connectivity index (χ0n) is 19.2. The highest BCUT2D eigenvalue weighted by molar-refractivity contribution is 5.82. The molecule has 1 aliphatic carbocycles. The van der Waals surface area contributed by atoms with Gasteiger partial charge in [0.05, 0.1) is 31.0 Å². The van der Waals surface area contributed by atoms with E-state index in [1.165, 1.54) is 12.8 Å². The van der Waals surface area contributed by atoms with E-state index in [1.807, 2.05) is 31.3 Å². The number of aromatic amines is 1. The van der Waals surface area contributed by atoms with Crippen LogP contribution in [0.15, 0.2) is 35.3 Å². The minimum absolute atomic E-state index is 0.106. The summed E-state index contributed by atoms with van der Waals surface area (Å²) >= 11 is 0. The van der Waals surface area contributed by atoms with Crippen LogP contribution >= 0.6 is 0 Å². The van der Waals surface area contributed by atoms with Gasteiger partial charge in [0.1, 0.15) is 6.23 Å². The summed E-state index contributed by atoms with van der Waals surface area (Å²) in [6.07, 6.45) is 5.76. The Morgan fingerprint density at radius 3 is 2.85 bits per heavy atom. The van der Waals surface area contributed by atoms with Crippen molar-refractivity contribution in [1.29, 1.82) is 0 Å². The molecule has 8 heteroatoms. The molecule has 1 aromatic carbocycles. The first-order chi connectivity index (χ1) is 16.1. The number of pyridine rings is 1. The van der Waals surface area contributed by atoms with Crippen molar-refractivity contribution < 1.29 is 9.84 Å². The summed E-state index contributed by atoms with van der Waals surface area (Å²) in [5, 5.41) is 19.8. The second-order valence-electron chi connectivity index (χ2n) is 9.26. The molecule has 0 amide bonds. The van der Waals surface area contributed by atoms with Gasteiger partial charge in [-0.05, 0) is 37.5 Å². The molecular weight excluding hydrogens is 418 g/mol. The molecule has 0 spiro atoms. The monoisotopic (exact) mass is 451 g/mol. The molecule has 176 valence electrons. The summed E-state index contributed by atoms with van der Waals surface area (Å²) in [4.78, 5) is 18.0. The average molecular weight is 452 g/mol. The number of hydrogen-bond donors (Lipinski definition) is 3. The Morgan fingerprint density at radius 1 is 1.27 bits per heavy atom. The molecule has 1 saturated heterocycles. The molecule has 3 heterocycles. The lowest BCUT2D eigenvalue weighted by atomic mass is 10.1. The first kappa shape index (κ1) is 22.3. The van der Waals surface area contributed by atoms with E-state index in [0.717, 1.165) is 53.7 Å². The van der Waals surface area contributed by atoms with E-state index in [2.05, 4.69) is 31.0 Å². The Hall–Kier alpha value is -2.52. The summed E-state index contributed by atoms with van der Waals surface area (Å²) in [5.74, 6) is 0. The Bertz CT molecular complexity index is 1160. The Balaban J connectivity index is 1.35. The van der Waals surface area contributed by atoms with Crippen molar-refractivity contribution in [2.75, 3.05) is 26.3 Å². The summed E-state index contributed by atoms with van der Waals surface area (Å²) in [6, 6.07) is 8.44. The zero-order chi connectivity index (χ0) is 22.8. The van der Waals surface area contributed by atoms with Crippen LogP contribution in [0.5, 0.6) is 0 Å². The van der Waals surface area contributed by atoms with E-state index in [-0.39, 0.29) is 12.1 Å². The molecule has 3 aromatic rings. The van der Waals surface area contributed by atoms with Crippen molar-refractivity contribution >= 4 is 10.9 Å². The van der Waals surface area contributed by atoms with Gasteiger partial charge in [-0.15, -0.1) is 0 Å². The fourth-order valence-corrected chi connectivity index (χ4v) is 5.20. The molecule has 5 rings (SSSR count). The number of morpholine rings is 1. The molecular formula is C25H33N5O3. The van der Waals surface area contributed by atoms with Crippen molar-refractivity contribution in [3.05, 3.63) is 63.2 Å². The Kier molecular flexibility index (Phi) is 6.59. The maximum atomic E-state index is 12.8. The number of ether oxygens (including phenoxy) is 1. The summed E-state index contributed by atoms with van der Waals surface area (Å²) < 4.78 is 7.57. The maximum Gasteiger partial charge on any atom is 0.252 e. The van der Waals surface area contributed by atoms with E-state index < -0.39 is 6.23 Å². The maximum absolute atomic E-state index is 12.8. The third-order valence-corrected chi connectivity index (χ3v) is 6.97. The SMILES string of the molecule is Cc1cc(CN2CCOCC2)c(CNC(O)c2cccc3c2cnn3C2CCCC2)c(=O)[nH]1. The van der Waals surface area contributed by atoms with Crippen molar-refractivity contribution in [2.24, 2.45) is 0 Å². The summed E-state index contributed by atoms with van der Waals surface area (Å²) in [6.45, 7) is 6.02. The van der Waals surface area contributed by atoms with Crippen molar-refractivity contribution in [3.8, 4) is 0 Å². The molecule has 8 nitrogen and oxygen atoms in total. The Labute approximate surface area is 193 Å². The number of rotatable bonds is 7. The van der Waals surface area contributed by atoms with Crippen molar-refractivity contribution in [1.82, 2.24) is 25.0 Å². The Morgan fingerprint density at radius 2 is 2.06 bits per heavy atom. The van der Waals surface area contributed by atoms with Crippen LogP contribution in [0, 0.1) is 6.92 Å². The lowest BCUT2D eigenvalue weighted by Crippen LogP contribution is -2.37. The van der Waals surface area contributed by atoms with Crippen LogP contribution in [0.4, 0.5) is 0 Å². The minimum Gasteiger partial charge on any atom is -0.379 e. The van der Waals surface area contributed by atoms with E-state index in [1.54, 1.807) is 0 Å². The van der Waals surface area contributed by atoms with Gasteiger partial charge < -0.3 is 14.8 Å². The smallest absolute Gasteiger partial charge is 0.252 e. The van der Waals surface area contributed by atoms with Crippen LogP contribution in [0.3, 0.4) is 0 Å². The highest BCUT2D eigenvalue weighted by atomic mass is 16.5. The molecule has 1 aliphatic heterocycles. The fraction of sp³-hybridized carbons (Fsp3) is 0.520. The highest BCUT2D eigenvalue weighted by Gasteiger charge is 2.22. The number of aryl methyl sites for hydroxylation is 1. The first-order valence-corrected chi connectivity index (χ1v) is 12.0. The third kappa shape index (κ3) is 4.75. The zero-order valence-corrected chi connectivity index (χ0v) is 19.2. The fourth-order valence-electron chi connectivity index (χ4n) is 5.20. The van der Waals surface area contributed by atoms with E-state index in [0.29, 0.717) is 31.4 Å². The molecule has 33 heavy (non-hydrogen) atoms. The summed E-state index contributed by atoms with van der Waals surface area (Å²) in [7, 11) is 0. The first-order valence-electron chi connectivity index (χ1n) is 12.0. The van der Waals surface area contributed by atoms with Crippen LogP contribution in [-0.2, 0) is 17.8 Å². The number of benzene rings is 1. The van der Waals surface area contributed by atoms with Gasteiger partial charge in [-0.3, -0.25) is 19.7 Å². The highest BCUT2D eigenvalue weighted by Crippen LogP contribution is 2.33. The molecule has 2 aliphatic rings. The van der Waals surface area contributed by atoms with Gasteiger partial charge in [0.2, 0.25) is 0 Å². The number of fused-ring (bicyclic) bond motifs is 1. The van der Waals surface area contributed by atoms with Crippen molar-refractivity contribution in [3.63, 3.8) is 0 Å². The second-order valence-corrected chi connectivity index (χ2v) is 9.26. The lowest BCUT2D eigenvalue weighted by Gasteiger charge is -2.27. The predicted molar refractivity (Wildman–Crippen MR) is 127 cm³/mol. The normalized spacial score (nSPS) is 18.8. The number of aromatic nitrogens is 3. The number of nitrogens with zero attached hydrogens (tertiary/aromatic N) is 3. The molecule has 0 radical (unpaired) electrons. The quantitative estimate of drug-likeness (QED) is 0.478. The van der Waals surface area contributed by atoms with Gasteiger partial charge >= 0.3 is 0 Å². The van der Waals surface area contributed by atoms with Crippen LogP contribution in [0.25, 0.3) is 10.9 Å². The molecule has 1 saturated carbocycles. The van der Waals surface area contributed by atoms with Crippen molar-refractivity contribution in [2.45, 2.75) is 58.0 Å². The van der Waals surface area contributed by atoms with Crippen LogP contribution in [0.2, 0.25) is 0 Å². The molecule has 0 bridgehead atoms. The van der Waals surface area contributed by atoms with Crippen LogP contribution < -0.4 is 10.9 Å².